The fourth-order valence-electron chi connectivity index (χ4n) is 3.71. The summed E-state index contributed by atoms with van der Waals surface area (Å²) >= 11 is 1.58. The smallest absolute Gasteiger partial charge is 0.325 e. The highest BCUT2D eigenvalue weighted by Crippen LogP contribution is 2.19. The minimum absolute atomic E-state index is 0.127. The third-order valence-electron chi connectivity index (χ3n) is 6.22. The molecule has 0 aliphatic heterocycles. The van der Waals surface area contributed by atoms with Crippen LogP contribution in [0.1, 0.15) is 39.2 Å². The van der Waals surface area contributed by atoms with Crippen molar-refractivity contribution in [2.24, 2.45) is 11.7 Å². The Hall–Kier alpha value is -3.05. The molecule has 0 saturated heterocycles. The third kappa shape index (κ3) is 7.99. The van der Waals surface area contributed by atoms with Crippen LogP contribution in [-0.4, -0.2) is 70.0 Å². The molecule has 11 heteroatoms. The van der Waals surface area contributed by atoms with E-state index in [1.54, 1.807) is 18.0 Å². The highest BCUT2D eigenvalue weighted by atomic mass is 32.2. The van der Waals surface area contributed by atoms with E-state index in [0.29, 0.717) is 18.6 Å². The van der Waals surface area contributed by atoms with E-state index in [0.717, 1.165) is 16.5 Å². The van der Waals surface area contributed by atoms with E-state index in [4.69, 9.17) is 5.73 Å². The fourth-order valence-corrected chi connectivity index (χ4v) is 4.19. The number of fused-ring (bicyclic) bond motifs is 1. The topological polar surface area (TPSA) is 166 Å². The van der Waals surface area contributed by atoms with Crippen LogP contribution in [0.5, 0.6) is 0 Å². The molecule has 36 heavy (non-hydrogen) atoms. The molecule has 1 aromatic heterocycles. The lowest BCUT2D eigenvalue weighted by Gasteiger charge is -2.27. The van der Waals surface area contributed by atoms with Crippen LogP contribution in [0.2, 0.25) is 0 Å². The van der Waals surface area contributed by atoms with Crippen LogP contribution in [-0.2, 0) is 25.6 Å². The molecule has 7 N–H and O–H groups in total. The first-order valence-corrected chi connectivity index (χ1v) is 13.4. The number of benzene rings is 1. The molecule has 0 aliphatic rings. The molecule has 10 nitrogen and oxygen atoms in total. The summed E-state index contributed by atoms with van der Waals surface area (Å²) in [6, 6.07) is 3.69. The largest absolute Gasteiger partial charge is 0.480 e. The van der Waals surface area contributed by atoms with Crippen LogP contribution in [0.3, 0.4) is 0 Å². The summed E-state index contributed by atoms with van der Waals surface area (Å²) in [5, 5.41) is 18.1. The Morgan fingerprint density at radius 3 is 2.39 bits per heavy atom. The van der Waals surface area contributed by atoms with Crippen LogP contribution >= 0.6 is 11.8 Å². The number of aromatic amines is 1. The lowest BCUT2D eigenvalue weighted by atomic mass is 9.96. The Labute approximate surface area is 215 Å². The number of hydrogen-bond donors (Lipinski definition) is 6. The van der Waals surface area contributed by atoms with Crippen LogP contribution < -0.4 is 21.7 Å². The van der Waals surface area contributed by atoms with Gasteiger partial charge in [0.05, 0.1) is 6.04 Å². The van der Waals surface area contributed by atoms with Gasteiger partial charge in [-0.15, -0.1) is 0 Å². The van der Waals surface area contributed by atoms with Gasteiger partial charge in [0, 0.05) is 23.5 Å². The maximum absolute atomic E-state index is 13.4. The van der Waals surface area contributed by atoms with Gasteiger partial charge in [-0.1, -0.05) is 38.5 Å². The molecule has 2 aromatic rings. The minimum atomic E-state index is -1.19. The normalized spacial score (nSPS) is 15.4. The molecule has 0 saturated carbocycles. The third-order valence-corrected chi connectivity index (χ3v) is 6.87. The van der Waals surface area contributed by atoms with Gasteiger partial charge in [-0.25, -0.2) is 0 Å². The summed E-state index contributed by atoms with van der Waals surface area (Å²) in [7, 11) is 0. The lowest BCUT2D eigenvalue weighted by molar-refractivity contribution is -0.141. The molecule has 0 radical (unpaired) electrons. The highest BCUT2D eigenvalue weighted by Gasteiger charge is 2.32. The zero-order chi connectivity index (χ0) is 26.8. The zero-order valence-electron chi connectivity index (χ0n) is 21.2. The molecular weight excluding hydrogens is 482 g/mol. The van der Waals surface area contributed by atoms with Crippen LogP contribution in [0.15, 0.2) is 30.5 Å². The van der Waals surface area contributed by atoms with Gasteiger partial charge in [0.2, 0.25) is 17.7 Å². The Morgan fingerprint density at radius 1 is 1.06 bits per heavy atom. The molecule has 0 bridgehead atoms. The zero-order valence-corrected chi connectivity index (χ0v) is 22.0. The second-order valence-corrected chi connectivity index (χ2v) is 9.94. The average molecular weight is 520 g/mol. The number of carbonyl (C=O) groups is 4. The number of aliphatic carboxylic acids is 1. The van der Waals surface area contributed by atoms with Crippen molar-refractivity contribution >= 4 is 46.4 Å². The molecular formula is C25H37N5O5S. The Kier molecular flexibility index (Phi) is 11.3. The molecule has 0 fully saturated rings. The molecule has 1 heterocycles. The van der Waals surface area contributed by atoms with Crippen LogP contribution in [0.25, 0.3) is 10.9 Å². The van der Waals surface area contributed by atoms with Crippen molar-refractivity contribution in [3.05, 3.63) is 36.0 Å². The number of aromatic nitrogens is 1. The SMILES string of the molecule is CCC(C)C(NC(=O)C(N)CCSC)C(=O)NC(Cc1c[nH]c2ccccc12)C(=O)NC(C)C(=O)O. The first-order chi connectivity index (χ1) is 17.1. The van der Waals surface area contributed by atoms with Gasteiger partial charge >= 0.3 is 5.97 Å². The number of rotatable bonds is 14. The Balaban J connectivity index is 2.27. The maximum atomic E-state index is 13.4. The summed E-state index contributed by atoms with van der Waals surface area (Å²) < 4.78 is 0. The number of amides is 3. The number of carboxylic acids is 1. The first kappa shape index (κ1) is 29.2. The molecule has 0 spiro atoms. The Bertz CT molecular complexity index is 1060. The van der Waals surface area contributed by atoms with E-state index in [1.807, 2.05) is 44.4 Å². The van der Waals surface area contributed by atoms with Gasteiger partial charge in [-0.3, -0.25) is 19.2 Å². The fraction of sp³-hybridized carbons (Fsp3) is 0.520. The van der Waals surface area contributed by atoms with Gasteiger partial charge in [0.25, 0.3) is 0 Å². The summed E-state index contributed by atoms with van der Waals surface area (Å²) in [5.41, 5.74) is 7.65. The standard InChI is InChI=1S/C25H37N5O5S/c1-5-14(2)21(30-22(31)18(26)10-11-36-4)24(33)29-20(23(32)28-15(3)25(34)35)12-16-13-27-19-9-7-6-8-17(16)19/h6-9,13-15,18,20-21,27H,5,10-12,26H2,1-4H3,(H,28,32)(H,29,33)(H,30,31)(H,34,35). The summed E-state index contributed by atoms with van der Waals surface area (Å²) in [5.74, 6) is -2.29. The second kappa shape index (κ2) is 13.9. The monoisotopic (exact) mass is 519 g/mol. The number of thioether (sulfide) groups is 1. The molecule has 1 aromatic carbocycles. The van der Waals surface area contributed by atoms with E-state index < -0.39 is 47.9 Å². The number of carboxylic acid groups (broad SMARTS) is 1. The van der Waals surface area contributed by atoms with Gasteiger partial charge in [-0.2, -0.15) is 11.8 Å². The number of nitrogens with one attached hydrogen (secondary N) is 4. The first-order valence-electron chi connectivity index (χ1n) is 12.0. The molecule has 5 unspecified atom stereocenters. The maximum Gasteiger partial charge on any atom is 0.325 e. The summed E-state index contributed by atoms with van der Waals surface area (Å²) in [6.07, 6.45) is 4.89. The average Bonchev–Trinajstić information content (AvgIpc) is 3.27. The minimum Gasteiger partial charge on any atom is -0.480 e. The molecule has 3 amide bonds. The van der Waals surface area contributed by atoms with Gasteiger partial charge in [-0.05, 0) is 42.9 Å². The van der Waals surface area contributed by atoms with Crippen molar-refractivity contribution in [2.45, 2.75) is 64.2 Å². The van der Waals surface area contributed by atoms with Crippen molar-refractivity contribution in [2.75, 3.05) is 12.0 Å². The number of para-hydroxylation sites is 1. The number of nitrogens with two attached hydrogens (primary N) is 1. The van der Waals surface area contributed by atoms with Crippen LogP contribution in [0.4, 0.5) is 0 Å². The summed E-state index contributed by atoms with van der Waals surface area (Å²) in [6.45, 7) is 5.08. The Morgan fingerprint density at radius 2 is 1.75 bits per heavy atom. The van der Waals surface area contributed by atoms with Gasteiger partial charge < -0.3 is 31.8 Å². The number of hydrogen-bond acceptors (Lipinski definition) is 6. The summed E-state index contributed by atoms with van der Waals surface area (Å²) in [4.78, 5) is 53.5. The van der Waals surface area contributed by atoms with Crippen molar-refractivity contribution < 1.29 is 24.3 Å². The van der Waals surface area contributed by atoms with Gasteiger partial charge in [0.1, 0.15) is 18.1 Å². The van der Waals surface area contributed by atoms with Gasteiger partial charge in [0.15, 0.2) is 0 Å². The van der Waals surface area contributed by atoms with E-state index in [9.17, 15) is 24.3 Å². The van der Waals surface area contributed by atoms with E-state index in [1.165, 1.54) is 6.92 Å². The van der Waals surface area contributed by atoms with E-state index in [-0.39, 0.29) is 12.3 Å². The predicted octanol–water partition coefficient (Wildman–Crippen LogP) is 1.40. The van der Waals surface area contributed by atoms with E-state index in [2.05, 4.69) is 20.9 Å². The quantitative estimate of drug-likeness (QED) is 0.219. The van der Waals surface area contributed by atoms with Crippen molar-refractivity contribution in [1.29, 1.82) is 0 Å². The molecule has 0 aliphatic carbocycles. The highest BCUT2D eigenvalue weighted by molar-refractivity contribution is 7.98. The number of carbonyl (C=O) groups excluding carboxylic acids is 3. The van der Waals surface area contributed by atoms with Crippen molar-refractivity contribution in [3.63, 3.8) is 0 Å². The van der Waals surface area contributed by atoms with Crippen LogP contribution in [0, 0.1) is 5.92 Å². The molecule has 198 valence electrons. The second-order valence-electron chi connectivity index (χ2n) is 8.95. The van der Waals surface area contributed by atoms with Crippen molar-refractivity contribution in [1.82, 2.24) is 20.9 Å². The lowest BCUT2D eigenvalue weighted by Crippen LogP contribution is -2.59. The van der Waals surface area contributed by atoms with Crippen molar-refractivity contribution in [3.8, 4) is 0 Å². The molecule has 2 rings (SSSR count). The van der Waals surface area contributed by atoms with E-state index >= 15 is 0 Å². The molecule has 5 atom stereocenters. The number of H-pyrrole nitrogens is 1. The predicted molar refractivity (Wildman–Crippen MR) is 142 cm³/mol.